The molecule has 1 amide bonds. The van der Waals surface area contributed by atoms with Crippen molar-refractivity contribution in [3.05, 3.63) is 54.4 Å². The topological polar surface area (TPSA) is 72.8 Å². The van der Waals surface area contributed by atoms with E-state index >= 15 is 0 Å². The van der Waals surface area contributed by atoms with Gasteiger partial charge in [-0.25, -0.2) is 0 Å². The van der Waals surface area contributed by atoms with Crippen LogP contribution in [0.25, 0.3) is 0 Å². The second kappa shape index (κ2) is 6.08. The molecule has 2 fully saturated rings. The largest absolute Gasteiger partial charge is 0.497 e. The number of pyridine rings is 1. The van der Waals surface area contributed by atoms with Crippen molar-refractivity contribution in [2.45, 2.75) is 24.9 Å². The molecule has 6 nitrogen and oxygen atoms in total. The Morgan fingerprint density at radius 3 is 3.04 bits per heavy atom. The summed E-state index contributed by atoms with van der Waals surface area (Å²) in [5.41, 5.74) is 1.58. The minimum Gasteiger partial charge on any atom is -0.497 e. The average Bonchev–Trinajstić information content (AvgIpc) is 3.41. The normalized spacial score (nSPS) is 30.4. The highest BCUT2D eigenvalue weighted by Crippen LogP contribution is 2.60. The Morgan fingerprint density at radius 1 is 1.30 bits per heavy atom. The zero-order valence-corrected chi connectivity index (χ0v) is 15.1. The predicted octanol–water partition coefficient (Wildman–Crippen LogP) is 3.25. The van der Waals surface area contributed by atoms with Gasteiger partial charge in [0.05, 0.1) is 18.7 Å². The number of carbonyl (C=O) groups excluding carboxylic acids is 1. The van der Waals surface area contributed by atoms with Gasteiger partial charge in [-0.05, 0) is 49.4 Å². The maximum absolute atomic E-state index is 13.4. The standard InChI is InChI=1S/C21H21N3O3/c1-26-17-6-2-5-16(11-17)23-20(25)21-15-8-7-13(10-15)18(21)19(24-27-21)14-4-3-9-22-12-14/h2-6,9,11-13,15,18H,7-8,10H2,1H3,(H,23,25)/t13-,15+,18-,21-/m1/s1. The summed E-state index contributed by atoms with van der Waals surface area (Å²) in [4.78, 5) is 23.6. The van der Waals surface area contributed by atoms with Gasteiger partial charge in [-0.1, -0.05) is 11.2 Å². The number of hydrogen-bond donors (Lipinski definition) is 1. The van der Waals surface area contributed by atoms with Crippen LogP contribution in [0, 0.1) is 17.8 Å². The lowest BCUT2D eigenvalue weighted by Gasteiger charge is -2.35. The van der Waals surface area contributed by atoms with Crippen molar-refractivity contribution in [2.24, 2.45) is 22.9 Å². The van der Waals surface area contributed by atoms with Gasteiger partial charge >= 0.3 is 0 Å². The fraction of sp³-hybridized carbons (Fsp3) is 0.381. The molecule has 2 aromatic rings. The summed E-state index contributed by atoms with van der Waals surface area (Å²) in [7, 11) is 1.61. The Kier molecular flexibility index (Phi) is 3.67. The van der Waals surface area contributed by atoms with Crippen molar-refractivity contribution in [1.29, 1.82) is 0 Å². The first-order valence-electron chi connectivity index (χ1n) is 9.34. The molecular weight excluding hydrogens is 342 g/mol. The molecule has 1 N–H and O–H groups in total. The minimum absolute atomic E-state index is 0.0222. The van der Waals surface area contributed by atoms with E-state index in [1.807, 2.05) is 36.4 Å². The van der Waals surface area contributed by atoms with Gasteiger partial charge in [0, 0.05) is 35.6 Å². The van der Waals surface area contributed by atoms with E-state index in [0.717, 1.165) is 30.5 Å². The van der Waals surface area contributed by atoms with Gasteiger partial charge in [0.1, 0.15) is 5.75 Å². The molecule has 0 saturated heterocycles. The number of nitrogens with zero attached hydrogens (tertiary/aromatic N) is 2. The van der Waals surface area contributed by atoms with Crippen LogP contribution in [0.5, 0.6) is 5.75 Å². The Bertz CT molecular complexity index is 914. The van der Waals surface area contributed by atoms with E-state index in [-0.39, 0.29) is 17.7 Å². The van der Waals surface area contributed by atoms with E-state index < -0.39 is 5.60 Å². The van der Waals surface area contributed by atoms with Gasteiger partial charge in [-0.2, -0.15) is 0 Å². The maximum Gasteiger partial charge on any atom is 0.272 e. The third kappa shape index (κ3) is 2.36. The lowest BCUT2D eigenvalue weighted by Crippen LogP contribution is -2.53. The molecule has 1 aromatic heterocycles. The molecule has 0 spiro atoms. The average molecular weight is 363 g/mol. The zero-order valence-electron chi connectivity index (χ0n) is 15.1. The van der Waals surface area contributed by atoms with Crippen molar-refractivity contribution in [3.63, 3.8) is 0 Å². The molecule has 1 aliphatic heterocycles. The molecule has 1 aromatic carbocycles. The summed E-state index contributed by atoms with van der Waals surface area (Å²) in [6.07, 6.45) is 6.66. The highest BCUT2D eigenvalue weighted by atomic mass is 16.7. The lowest BCUT2D eigenvalue weighted by molar-refractivity contribution is -0.149. The van der Waals surface area contributed by atoms with Gasteiger partial charge < -0.3 is 14.9 Å². The molecule has 2 bridgehead atoms. The fourth-order valence-electron chi connectivity index (χ4n) is 5.10. The first kappa shape index (κ1) is 16.3. The third-order valence-corrected chi connectivity index (χ3v) is 6.24. The number of rotatable bonds is 4. The Morgan fingerprint density at radius 2 is 2.22 bits per heavy atom. The number of methoxy groups -OCH3 is 1. The number of anilines is 1. The van der Waals surface area contributed by atoms with Crippen LogP contribution in [0.15, 0.2) is 53.9 Å². The van der Waals surface area contributed by atoms with Crippen molar-refractivity contribution in [3.8, 4) is 5.75 Å². The number of benzene rings is 1. The van der Waals surface area contributed by atoms with Crippen LogP contribution >= 0.6 is 0 Å². The number of ether oxygens (including phenoxy) is 1. The molecule has 0 radical (unpaired) electrons. The number of hydrogen-bond acceptors (Lipinski definition) is 5. The number of nitrogens with one attached hydrogen (secondary N) is 1. The van der Waals surface area contributed by atoms with Crippen molar-refractivity contribution in [2.75, 3.05) is 12.4 Å². The summed E-state index contributed by atoms with van der Waals surface area (Å²) in [6, 6.07) is 11.3. The summed E-state index contributed by atoms with van der Waals surface area (Å²) in [6.45, 7) is 0. The minimum atomic E-state index is -0.919. The van der Waals surface area contributed by atoms with E-state index in [4.69, 9.17) is 9.57 Å². The molecule has 2 heterocycles. The van der Waals surface area contributed by atoms with Crippen molar-refractivity contribution < 1.29 is 14.4 Å². The Balaban J connectivity index is 1.48. The van der Waals surface area contributed by atoms with Gasteiger partial charge in [0.25, 0.3) is 5.91 Å². The summed E-state index contributed by atoms with van der Waals surface area (Å²) >= 11 is 0. The summed E-state index contributed by atoms with van der Waals surface area (Å²) in [5, 5.41) is 7.44. The Hall–Kier alpha value is -2.89. The van der Waals surface area contributed by atoms with Crippen LogP contribution in [0.4, 0.5) is 5.69 Å². The van der Waals surface area contributed by atoms with Gasteiger partial charge in [-0.15, -0.1) is 0 Å². The monoisotopic (exact) mass is 363 g/mol. The molecule has 3 aliphatic rings. The summed E-state index contributed by atoms with van der Waals surface area (Å²) in [5.74, 6) is 1.18. The predicted molar refractivity (Wildman–Crippen MR) is 101 cm³/mol. The van der Waals surface area contributed by atoms with Gasteiger partial charge in [-0.3, -0.25) is 9.78 Å². The molecule has 5 rings (SSSR count). The molecule has 2 aliphatic carbocycles. The fourth-order valence-corrected chi connectivity index (χ4v) is 5.10. The van der Waals surface area contributed by atoms with E-state index in [9.17, 15) is 4.79 Å². The van der Waals surface area contributed by atoms with Crippen LogP contribution in [0.2, 0.25) is 0 Å². The number of oxime groups is 1. The molecule has 2 saturated carbocycles. The second-order valence-corrected chi connectivity index (χ2v) is 7.54. The second-order valence-electron chi connectivity index (χ2n) is 7.54. The number of aromatic nitrogens is 1. The van der Waals surface area contributed by atoms with Gasteiger partial charge in [0.2, 0.25) is 5.60 Å². The number of fused-ring (bicyclic) bond motifs is 5. The molecule has 6 heteroatoms. The van der Waals surface area contributed by atoms with E-state index in [1.54, 1.807) is 19.5 Å². The quantitative estimate of drug-likeness (QED) is 0.905. The first-order valence-corrected chi connectivity index (χ1v) is 9.34. The van der Waals surface area contributed by atoms with E-state index in [0.29, 0.717) is 17.4 Å². The molecule has 27 heavy (non-hydrogen) atoms. The number of amides is 1. The van der Waals surface area contributed by atoms with Crippen LogP contribution in [-0.4, -0.2) is 29.3 Å². The van der Waals surface area contributed by atoms with Crippen molar-refractivity contribution in [1.82, 2.24) is 4.98 Å². The molecule has 138 valence electrons. The first-order chi connectivity index (χ1) is 13.2. The SMILES string of the molecule is COc1cccc(NC(=O)[C@]23ON=C(c4cccnc4)[C@H]2[C@@H]2CC[C@H]3C2)c1. The van der Waals surface area contributed by atoms with E-state index in [2.05, 4.69) is 15.5 Å². The third-order valence-electron chi connectivity index (χ3n) is 6.24. The van der Waals surface area contributed by atoms with Crippen LogP contribution in [0.3, 0.4) is 0 Å². The van der Waals surface area contributed by atoms with Gasteiger partial charge in [0.15, 0.2) is 0 Å². The van der Waals surface area contributed by atoms with Crippen LogP contribution in [-0.2, 0) is 9.63 Å². The van der Waals surface area contributed by atoms with Crippen LogP contribution in [0.1, 0.15) is 24.8 Å². The number of carbonyl (C=O) groups is 1. The lowest BCUT2D eigenvalue weighted by atomic mass is 9.72. The molecule has 4 atom stereocenters. The smallest absolute Gasteiger partial charge is 0.272 e. The van der Waals surface area contributed by atoms with Crippen LogP contribution < -0.4 is 10.1 Å². The Labute approximate surface area is 157 Å². The molecular formula is C21H21N3O3. The highest BCUT2D eigenvalue weighted by Gasteiger charge is 2.69. The molecule has 0 unspecified atom stereocenters. The van der Waals surface area contributed by atoms with Crippen molar-refractivity contribution >= 4 is 17.3 Å². The van der Waals surface area contributed by atoms with E-state index in [1.165, 1.54) is 0 Å². The highest BCUT2D eigenvalue weighted by molar-refractivity contribution is 6.10. The maximum atomic E-state index is 13.4. The summed E-state index contributed by atoms with van der Waals surface area (Å²) < 4.78 is 5.26. The zero-order chi connectivity index (χ0) is 18.4.